The highest BCUT2D eigenvalue weighted by Gasteiger charge is 2.13. The maximum absolute atomic E-state index is 5.38. The molecule has 1 heterocycles. The molecule has 92 valence electrons. The molecule has 0 bridgehead atoms. The van der Waals surface area contributed by atoms with Crippen LogP contribution in [0.3, 0.4) is 0 Å². The van der Waals surface area contributed by atoms with Crippen molar-refractivity contribution < 1.29 is 9.26 Å². The number of rotatable bonds is 7. The zero-order valence-corrected chi connectivity index (χ0v) is 10.5. The number of aromatic nitrogens is 2. The van der Waals surface area contributed by atoms with Gasteiger partial charge in [0.15, 0.2) is 5.82 Å². The van der Waals surface area contributed by atoms with Crippen molar-refractivity contribution in [1.82, 2.24) is 15.5 Å². The molecule has 2 atom stereocenters. The Kier molecular flexibility index (Phi) is 5.42. The molecule has 0 aliphatic rings. The average Bonchev–Trinajstić information content (AvgIpc) is 2.75. The first-order valence-corrected chi connectivity index (χ1v) is 5.84. The quantitative estimate of drug-likeness (QED) is 0.772. The fourth-order valence-electron chi connectivity index (χ4n) is 1.24. The van der Waals surface area contributed by atoms with Crippen LogP contribution in [0.1, 0.15) is 51.9 Å². The van der Waals surface area contributed by atoms with Crippen LogP contribution >= 0.6 is 0 Å². The number of nitrogens with zero attached hydrogens (tertiary/aromatic N) is 2. The van der Waals surface area contributed by atoms with Crippen molar-refractivity contribution in [2.24, 2.45) is 0 Å². The first-order chi connectivity index (χ1) is 7.67. The van der Waals surface area contributed by atoms with E-state index in [1.54, 1.807) is 0 Å². The molecular weight excluding hydrogens is 206 g/mol. The minimum atomic E-state index is -0.105. The molecule has 0 aromatic carbocycles. The van der Waals surface area contributed by atoms with Crippen LogP contribution in [0.4, 0.5) is 0 Å². The second kappa shape index (κ2) is 6.60. The highest BCUT2D eigenvalue weighted by atomic mass is 16.5. The van der Waals surface area contributed by atoms with Gasteiger partial charge in [-0.3, -0.25) is 0 Å². The highest BCUT2D eigenvalue weighted by Crippen LogP contribution is 2.12. The maximum atomic E-state index is 5.38. The van der Waals surface area contributed by atoms with Crippen molar-refractivity contribution in [3.63, 3.8) is 0 Å². The summed E-state index contributed by atoms with van der Waals surface area (Å²) >= 11 is 0. The van der Waals surface area contributed by atoms with E-state index in [9.17, 15) is 0 Å². The number of hydrogen-bond donors (Lipinski definition) is 1. The van der Waals surface area contributed by atoms with Gasteiger partial charge in [-0.25, -0.2) is 0 Å². The SMILES string of the molecule is CCOC(C)c1noc(CNC(C)CC)n1. The largest absolute Gasteiger partial charge is 0.371 e. The van der Waals surface area contributed by atoms with Gasteiger partial charge in [0.1, 0.15) is 6.10 Å². The molecule has 16 heavy (non-hydrogen) atoms. The Bertz CT molecular complexity index is 301. The van der Waals surface area contributed by atoms with Gasteiger partial charge in [0.2, 0.25) is 5.89 Å². The summed E-state index contributed by atoms with van der Waals surface area (Å²) in [5.74, 6) is 1.23. The Morgan fingerprint density at radius 2 is 2.12 bits per heavy atom. The topological polar surface area (TPSA) is 60.2 Å². The molecule has 5 heteroatoms. The predicted molar refractivity (Wildman–Crippen MR) is 60.9 cm³/mol. The Morgan fingerprint density at radius 1 is 1.38 bits per heavy atom. The summed E-state index contributed by atoms with van der Waals surface area (Å²) < 4.78 is 10.5. The van der Waals surface area contributed by atoms with E-state index in [1.807, 2.05) is 13.8 Å². The van der Waals surface area contributed by atoms with E-state index in [1.165, 1.54) is 0 Å². The minimum absolute atomic E-state index is 0.105. The van der Waals surface area contributed by atoms with Crippen molar-refractivity contribution >= 4 is 0 Å². The molecule has 0 aliphatic heterocycles. The molecular formula is C11H21N3O2. The van der Waals surface area contributed by atoms with E-state index >= 15 is 0 Å². The summed E-state index contributed by atoms with van der Waals surface area (Å²) in [6.07, 6.45) is 0.974. The molecule has 0 saturated heterocycles. The zero-order chi connectivity index (χ0) is 12.0. The Hall–Kier alpha value is -0.940. The van der Waals surface area contributed by atoms with Crippen LogP contribution < -0.4 is 5.32 Å². The fraction of sp³-hybridized carbons (Fsp3) is 0.818. The third-order valence-corrected chi connectivity index (χ3v) is 2.48. The Morgan fingerprint density at radius 3 is 2.75 bits per heavy atom. The lowest BCUT2D eigenvalue weighted by atomic mass is 10.3. The molecule has 0 saturated carbocycles. The van der Waals surface area contributed by atoms with Crippen molar-refractivity contribution in [3.8, 4) is 0 Å². The zero-order valence-electron chi connectivity index (χ0n) is 10.5. The van der Waals surface area contributed by atoms with Gasteiger partial charge in [0, 0.05) is 12.6 Å². The summed E-state index contributed by atoms with van der Waals surface area (Å²) in [4.78, 5) is 4.27. The van der Waals surface area contributed by atoms with Gasteiger partial charge in [-0.2, -0.15) is 4.98 Å². The van der Waals surface area contributed by atoms with Gasteiger partial charge in [0.05, 0.1) is 6.54 Å². The molecule has 1 aromatic heterocycles. The van der Waals surface area contributed by atoms with Gasteiger partial charge in [-0.1, -0.05) is 12.1 Å². The first-order valence-electron chi connectivity index (χ1n) is 5.84. The van der Waals surface area contributed by atoms with E-state index in [0.717, 1.165) is 6.42 Å². The van der Waals surface area contributed by atoms with Gasteiger partial charge in [-0.15, -0.1) is 0 Å². The van der Waals surface area contributed by atoms with Crippen molar-refractivity contribution in [2.45, 2.75) is 52.8 Å². The number of ether oxygens (including phenoxy) is 1. The molecule has 0 fully saturated rings. The average molecular weight is 227 g/mol. The van der Waals surface area contributed by atoms with Gasteiger partial charge in [-0.05, 0) is 27.2 Å². The van der Waals surface area contributed by atoms with Crippen LogP contribution in [-0.4, -0.2) is 22.8 Å². The third-order valence-electron chi connectivity index (χ3n) is 2.48. The molecule has 1 aromatic rings. The normalized spacial score (nSPS) is 15.0. The van der Waals surface area contributed by atoms with Crippen LogP contribution in [0.25, 0.3) is 0 Å². The molecule has 0 aliphatic carbocycles. The summed E-state index contributed by atoms with van der Waals surface area (Å²) in [5, 5.41) is 7.18. The smallest absolute Gasteiger partial charge is 0.240 e. The van der Waals surface area contributed by atoms with E-state index in [-0.39, 0.29) is 6.10 Å². The van der Waals surface area contributed by atoms with Crippen LogP contribution in [-0.2, 0) is 11.3 Å². The molecule has 1 rings (SSSR count). The lowest BCUT2D eigenvalue weighted by molar-refractivity contribution is 0.0683. The van der Waals surface area contributed by atoms with Crippen LogP contribution in [0.5, 0.6) is 0 Å². The maximum Gasteiger partial charge on any atom is 0.240 e. The second-order valence-corrected chi connectivity index (χ2v) is 3.83. The van der Waals surface area contributed by atoms with Crippen molar-refractivity contribution in [3.05, 3.63) is 11.7 Å². The highest BCUT2D eigenvalue weighted by molar-refractivity contribution is 4.89. The summed E-state index contributed by atoms with van der Waals surface area (Å²) in [6.45, 7) is 9.38. The summed E-state index contributed by atoms with van der Waals surface area (Å²) in [6, 6.07) is 0.458. The molecule has 5 nitrogen and oxygen atoms in total. The standard InChI is InChI=1S/C11H21N3O2/c1-5-8(3)12-7-10-13-11(14-16-10)9(4)15-6-2/h8-9,12H,5-7H2,1-4H3. The fourth-order valence-corrected chi connectivity index (χ4v) is 1.24. The lowest BCUT2D eigenvalue weighted by Gasteiger charge is -2.07. The van der Waals surface area contributed by atoms with Crippen molar-refractivity contribution in [1.29, 1.82) is 0 Å². The summed E-state index contributed by atoms with van der Waals surface area (Å²) in [7, 11) is 0. The van der Waals surface area contributed by atoms with E-state index in [0.29, 0.717) is 30.9 Å². The van der Waals surface area contributed by atoms with E-state index < -0.39 is 0 Å². The second-order valence-electron chi connectivity index (χ2n) is 3.83. The summed E-state index contributed by atoms with van der Waals surface area (Å²) in [5.41, 5.74) is 0. The molecule has 2 unspecified atom stereocenters. The Labute approximate surface area is 96.6 Å². The molecule has 1 N–H and O–H groups in total. The van der Waals surface area contributed by atoms with Gasteiger partial charge in [0.25, 0.3) is 0 Å². The van der Waals surface area contributed by atoms with E-state index in [4.69, 9.17) is 9.26 Å². The number of nitrogens with one attached hydrogen (secondary N) is 1. The number of hydrogen-bond acceptors (Lipinski definition) is 5. The predicted octanol–water partition coefficient (Wildman–Crippen LogP) is 2.06. The lowest BCUT2D eigenvalue weighted by Crippen LogP contribution is -2.24. The monoisotopic (exact) mass is 227 g/mol. The van der Waals surface area contributed by atoms with Crippen LogP contribution in [0.15, 0.2) is 4.52 Å². The van der Waals surface area contributed by atoms with Crippen LogP contribution in [0.2, 0.25) is 0 Å². The van der Waals surface area contributed by atoms with Crippen molar-refractivity contribution in [2.75, 3.05) is 6.61 Å². The minimum Gasteiger partial charge on any atom is -0.371 e. The first kappa shape index (κ1) is 13.1. The van der Waals surface area contributed by atoms with Crippen LogP contribution in [0, 0.1) is 0 Å². The van der Waals surface area contributed by atoms with Gasteiger partial charge >= 0.3 is 0 Å². The Balaban J connectivity index is 2.45. The van der Waals surface area contributed by atoms with Gasteiger partial charge < -0.3 is 14.6 Å². The molecule has 0 spiro atoms. The molecule has 0 radical (unpaired) electrons. The van der Waals surface area contributed by atoms with E-state index in [2.05, 4.69) is 29.3 Å². The third kappa shape index (κ3) is 3.90. The molecule has 0 amide bonds.